The standard InChI is InChI=1S/C16H18FN5O/c1-16(2-4-18-5-3-16)11-8-20-22-14-12(19-9-23)6-10(17)7-13(14)21-15(11)22/h6-9,18,20H,2-5H2,1H3,(H,19,23). The van der Waals surface area contributed by atoms with E-state index in [2.05, 4.69) is 27.6 Å². The molecule has 1 aliphatic heterocycles. The summed E-state index contributed by atoms with van der Waals surface area (Å²) in [6, 6.07) is 2.69. The van der Waals surface area contributed by atoms with Crippen molar-refractivity contribution < 1.29 is 9.18 Å². The zero-order chi connectivity index (χ0) is 16.0. The van der Waals surface area contributed by atoms with Gasteiger partial charge in [-0.25, -0.2) is 13.9 Å². The first-order valence-electron chi connectivity index (χ1n) is 7.73. The highest BCUT2D eigenvalue weighted by Gasteiger charge is 2.32. The van der Waals surface area contributed by atoms with Gasteiger partial charge in [0.15, 0.2) is 5.65 Å². The molecular formula is C16H18FN5O. The molecule has 3 heterocycles. The molecule has 120 valence electrons. The fourth-order valence-electron chi connectivity index (χ4n) is 3.54. The van der Waals surface area contributed by atoms with Crippen LogP contribution in [0.2, 0.25) is 0 Å². The van der Waals surface area contributed by atoms with Crippen molar-refractivity contribution in [1.29, 1.82) is 0 Å². The molecule has 7 heteroatoms. The van der Waals surface area contributed by atoms with Crippen molar-refractivity contribution >= 4 is 28.8 Å². The summed E-state index contributed by atoms with van der Waals surface area (Å²) in [5.74, 6) is -0.419. The van der Waals surface area contributed by atoms with Crippen LogP contribution in [0.25, 0.3) is 16.7 Å². The van der Waals surface area contributed by atoms with Gasteiger partial charge in [0.1, 0.15) is 11.3 Å². The zero-order valence-corrected chi connectivity index (χ0v) is 12.8. The molecule has 0 bridgehead atoms. The molecular weight excluding hydrogens is 297 g/mol. The molecule has 6 nitrogen and oxygen atoms in total. The van der Waals surface area contributed by atoms with Gasteiger partial charge >= 0.3 is 0 Å². The fraction of sp³-hybridized carbons (Fsp3) is 0.375. The fourth-order valence-corrected chi connectivity index (χ4v) is 3.54. The lowest BCUT2D eigenvalue weighted by Gasteiger charge is -2.33. The number of carbonyl (C=O) groups is 1. The molecule has 1 saturated heterocycles. The number of halogens is 1. The topological polar surface area (TPSA) is 74.2 Å². The third-order valence-corrected chi connectivity index (χ3v) is 4.87. The Morgan fingerprint density at radius 3 is 2.91 bits per heavy atom. The number of aromatic amines is 1. The number of imidazole rings is 1. The van der Waals surface area contributed by atoms with E-state index in [1.54, 1.807) is 0 Å². The smallest absolute Gasteiger partial charge is 0.211 e. The minimum absolute atomic E-state index is 0.0324. The van der Waals surface area contributed by atoms with E-state index in [1.165, 1.54) is 12.1 Å². The first kappa shape index (κ1) is 14.2. The second-order valence-corrected chi connectivity index (χ2v) is 6.35. The van der Waals surface area contributed by atoms with Gasteiger partial charge in [0.25, 0.3) is 0 Å². The zero-order valence-electron chi connectivity index (χ0n) is 12.8. The second kappa shape index (κ2) is 5.06. The van der Waals surface area contributed by atoms with Gasteiger partial charge in [0, 0.05) is 23.2 Å². The number of H-pyrrole nitrogens is 1. The summed E-state index contributed by atoms with van der Waals surface area (Å²) < 4.78 is 15.6. The van der Waals surface area contributed by atoms with Crippen molar-refractivity contribution in [3.05, 3.63) is 29.7 Å². The van der Waals surface area contributed by atoms with Gasteiger partial charge in [0.05, 0.1) is 11.2 Å². The van der Waals surface area contributed by atoms with Crippen molar-refractivity contribution in [1.82, 2.24) is 19.9 Å². The number of carbonyl (C=O) groups excluding carboxylic acids is 1. The summed E-state index contributed by atoms with van der Waals surface area (Å²) in [5.41, 5.74) is 3.57. The number of piperidine rings is 1. The van der Waals surface area contributed by atoms with Crippen LogP contribution in [0, 0.1) is 5.82 Å². The number of fused-ring (bicyclic) bond motifs is 3. The van der Waals surface area contributed by atoms with E-state index in [0.29, 0.717) is 23.1 Å². The largest absolute Gasteiger partial charge is 0.327 e. The van der Waals surface area contributed by atoms with Crippen molar-refractivity contribution in [2.45, 2.75) is 25.2 Å². The highest BCUT2D eigenvalue weighted by Crippen LogP contribution is 2.37. The summed E-state index contributed by atoms with van der Waals surface area (Å²) in [6.07, 6.45) is 4.57. The monoisotopic (exact) mass is 315 g/mol. The summed E-state index contributed by atoms with van der Waals surface area (Å²) in [6.45, 7) is 4.18. The minimum Gasteiger partial charge on any atom is -0.327 e. The summed E-state index contributed by atoms with van der Waals surface area (Å²) in [4.78, 5) is 15.4. The molecule has 0 unspecified atom stereocenters. The molecule has 0 atom stereocenters. The van der Waals surface area contributed by atoms with Gasteiger partial charge in [-0.05, 0) is 32.0 Å². The average Bonchev–Trinajstić information content (AvgIpc) is 3.06. The number of anilines is 1. The Morgan fingerprint density at radius 1 is 1.39 bits per heavy atom. The van der Waals surface area contributed by atoms with E-state index in [4.69, 9.17) is 0 Å². The van der Waals surface area contributed by atoms with Crippen molar-refractivity contribution in [2.24, 2.45) is 0 Å². The minimum atomic E-state index is -0.419. The Balaban J connectivity index is 1.96. The summed E-state index contributed by atoms with van der Waals surface area (Å²) >= 11 is 0. The predicted molar refractivity (Wildman–Crippen MR) is 86.1 cm³/mol. The molecule has 4 rings (SSSR count). The Labute approximate surface area is 132 Å². The van der Waals surface area contributed by atoms with Crippen LogP contribution in [0.3, 0.4) is 0 Å². The van der Waals surface area contributed by atoms with Crippen LogP contribution >= 0.6 is 0 Å². The van der Waals surface area contributed by atoms with Crippen LogP contribution in [0.15, 0.2) is 18.3 Å². The van der Waals surface area contributed by atoms with Crippen molar-refractivity contribution in [2.75, 3.05) is 18.4 Å². The van der Waals surface area contributed by atoms with E-state index in [9.17, 15) is 9.18 Å². The van der Waals surface area contributed by atoms with Gasteiger partial charge in [-0.3, -0.25) is 9.89 Å². The molecule has 2 aromatic heterocycles. The number of rotatable bonds is 3. The molecule has 1 aliphatic rings. The first-order valence-corrected chi connectivity index (χ1v) is 7.73. The maximum Gasteiger partial charge on any atom is 0.211 e. The number of nitrogens with zero attached hydrogens (tertiary/aromatic N) is 2. The molecule has 0 spiro atoms. The van der Waals surface area contributed by atoms with Crippen molar-refractivity contribution in [3.63, 3.8) is 0 Å². The van der Waals surface area contributed by atoms with Crippen LogP contribution in [-0.4, -0.2) is 34.1 Å². The molecule has 1 aromatic carbocycles. The Morgan fingerprint density at radius 2 is 2.17 bits per heavy atom. The van der Waals surface area contributed by atoms with Gasteiger partial charge in [-0.15, -0.1) is 0 Å². The maximum atomic E-state index is 13.8. The van der Waals surface area contributed by atoms with Crippen LogP contribution in [0.5, 0.6) is 0 Å². The Hall–Kier alpha value is -2.41. The molecule has 3 N–H and O–H groups in total. The van der Waals surface area contributed by atoms with E-state index >= 15 is 0 Å². The lowest BCUT2D eigenvalue weighted by atomic mass is 9.76. The van der Waals surface area contributed by atoms with Crippen LogP contribution in [0.4, 0.5) is 10.1 Å². The molecule has 0 aliphatic carbocycles. The molecule has 0 saturated carbocycles. The Bertz CT molecular complexity index is 891. The van der Waals surface area contributed by atoms with Crippen LogP contribution in [-0.2, 0) is 10.2 Å². The predicted octanol–water partition coefficient (Wildman–Crippen LogP) is 2.16. The lowest BCUT2D eigenvalue weighted by molar-refractivity contribution is -0.105. The molecule has 1 amide bonds. The third kappa shape index (κ3) is 2.11. The molecule has 0 radical (unpaired) electrons. The van der Waals surface area contributed by atoms with Gasteiger partial charge in [0.2, 0.25) is 6.41 Å². The SMILES string of the molecule is CC1(c2c[nH]n3c2nc2cc(F)cc(NC=O)c23)CCNCC1. The van der Waals surface area contributed by atoms with Gasteiger partial charge < -0.3 is 10.6 Å². The van der Waals surface area contributed by atoms with Crippen LogP contribution < -0.4 is 10.6 Å². The third-order valence-electron chi connectivity index (χ3n) is 4.87. The van der Waals surface area contributed by atoms with Crippen molar-refractivity contribution in [3.8, 4) is 0 Å². The highest BCUT2D eigenvalue weighted by molar-refractivity contribution is 5.95. The first-order chi connectivity index (χ1) is 11.1. The van der Waals surface area contributed by atoms with E-state index in [-0.39, 0.29) is 5.41 Å². The quantitative estimate of drug-likeness (QED) is 0.649. The molecule has 1 fully saturated rings. The number of hydrogen-bond acceptors (Lipinski definition) is 3. The lowest BCUT2D eigenvalue weighted by Crippen LogP contribution is -2.37. The molecule has 3 aromatic rings. The number of amides is 1. The number of hydrogen-bond donors (Lipinski definition) is 3. The highest BCUT2D eigenvalue weighted by atomic mass is 19.1. The average molecular weight is 315 g/mol. The number of aromatic nitrogens is 3. The van der Waals surface area contributed by atoms with E-state index in [1.807, 2.05) is 10.7 Å². The van der Waals surface area contributed by atoms with E-state index in [0.717, 1.165) is 37.1 Å². The maximum absolute atomic E-state index is 13.8. The van der Waals surface area contributed by atoms with Gasteiger partial charge in [-0.1, -0.05) is 6.92 Å². The molecule has 23 heavy (non-hydrogen) atoms. The Kier molecular flexibility index (Phi) is 3.12. The second-order valence-electron chi connectivity index (χ2n) is 6.35. The summed E-state index contributed by atoms with van der Waals surface area (Å²) in [7, 11) is 0. The van der Waals surface area contributed by atoms with Gasteiger partial charge in [-0.2, -0.15) is 0 Å². The summed E-state index contributed by atoms with van der Waals surface area (Å²) in [5, 5.41) is 9.14. The van der Waals surface area contributed by atoms with Crippen LogP contribution in [0.1, 0.15) is 25.3 Å². The normalized spacial score (nSPS) is 17.7. The number of benzene rings is 1. The van der Waals surface area contributed by atoms with E-state index < -0.39 is 5.82 Å². The number of nitrogens with one attached hydrogen (secondary N) is 3.